The van der Waals surface area contributed by atoms with Gasteiger partial charge in [0.25, 0.3) is 0 Å². The van der Waals surface area contributed by atoms with E-state index in [0.29, 0.717) is 29.4 Å². The van der Waals surface area contributed by atoms with Crippen LogP contribution in [0.5, 0.6) is 11.5 Å². The summed E-state index contributed by atoms with van der Waals surface area (Å²) >= 11 is 0. The van der Waals surface area contributed by atoms with E-state index in [1.165, 1.54) is 0 Å². The van der Waals surface area contributed by atoms with Crippen molar-refractivity contribution in [1.82, 2.24) is 0 Å². The van der Waals surface area contributed by atoms with Gasteiger partial charge in [0, 0.05) is 0 Å². The molecule has 5 nitrogen and oxygen atoms in total. The third kappa shape index (κ3) is 5.97. The van der Waals surface area contributed by atoms with E-state index in [9.17, 15) is 9.59 Å². The lowest BCUT2D eigenvalue weighted by molar-refractivity contribution is -0.138. The molecule has 0 saturated carbocycles. The Morgan fingerprint density at radius 3 is 1.88 bits per heavy atom. The van der Waals surface area contributed by atoms with Crippen LogP contribution in [0, 0.1) is 5.92 Å². The first-order valence-corrected chi connectivity index (χ1v) is 10.8. The van der Waals surface area contributed by atoms with Crippen molar-refractivity contribution < 1.29 is 24.2 Å². The number of carboxylic acid groups (broad SMARTS) is 1. The summed E-state index contributed by atoms with van der Waals surface area (Å²) in [4.78, 5) is 23.5. The van der Waals surface area contributed by atoms with Crippen LogP contribution in [0.15, 0.2) is 72.8 Å². The molecule has 2 atom stereocenters. The van der Waals surface area contributed by atoms with Crippen molar-refractivity contribution in [1.29, 1.82) is 0 Å². The zero-order chi connectivity index (χ0) is 23.1. The Labute approximate surface area is 188 Å². The molecule has 0 aliphatic rings. The van der Waals surface area contributed by atoms with E-state index in [-0.39, 0.29) is 0 Å². The predicted molar refractivity (Wildman–Crippen MR) is 124 cm³/mol. The van der Waals surface area contributed by atoms with Gasteiger partial charge in [0.05, 0.1) is 18.1 Å². The SMILES string of the molecule is CCC(C)COc1ccc(-c2ccc(C(=O)Oc3ccc(C(C)C(=O)O)cc3)cc2)cc1. The highest BCUT2D eigenvalue weighted by Gasteiger charge is 2.14. The zero-order valence-corrected chi connectivity index (χ0v) is 18.6. The lowest BCUT2D eigenvalue weighted by Gasteiger charge is -2.11. The average Bonchev–Trinajstić information content (AvgIpc) is 2.83. The summed E-state index contributed by atoms with van der Waals surface area (Å²) < 4.78 is 11.2. The molecule has 166 valence electrons. The van der Waals surface area contributed by atoms with Gasteiger partial charge in [-0.2, -0.15) is 0 Å². The summed E-state index contributed by atoms with van der Waals surface area (Å²) in [5.41, 5.74) is 3.11. The maximum absolute atomic E-state index is 12.5. The first-order chi connectivity index (χ1) is 15.4. The molecule has 0 amide bonds. The van der Waals surface area contributed by atoms with E-state index in [4.69, 9.17) is 14.6 Å². The van der Waals surface area contributed by atoms with E-state index in [1.54, 1.807) is 43.3 Å². The van der Waals surface area contributed by atoms with Crippen molar-refractivity contribution in [2.24, 2.45) is 5.92 Å². The van der Waals surface area contributed by atoms with Gasteiger partial charge in [0.2, 0.25) is 0 Å². The van der Waals surface area contributed by atoms with Gasteiger partial charge < -0.3 is 14.6 Å². The second kappa shape index (κ2) is 10.6. The lowest BCUT2D eigenvalue weighted by Crippen LogP contribution is -2.09. The van der Waals surface area contributed by atoms with Crippen molar-refractivity contribution in [2.75, 3.05) is 6.61 Å². The fourth-order valence-corrected chi connectivity index (χ4v) is 3.03. The maximum atomic E-state index is 12.5. The standard InChI is InChI=1S/C27H28O5/c1-4-18(2)17-31-24-13-11-22(12-14-24)21-5-7-23(8-6-21)27(30)32-25-15-9-20(10-16-25)19(3)26(28)29/h5-16,18-19H,4,17H2,1-3H3,(H,28,29). The summed E-state index contributed by atoms with van der Waals surface area (Å²) in [7, 11) is 0. The molecule has 3 aromatic rings. The Hall–Kier alpha value is -3.60. The van der Waals surface area contributed by atoms with E-state index >= 15 is 0 Å². The highest BCUT2D eigenvalue weighted by molar-refractivity contribution is 5.91. The van der Waals surface area contributed by atoms with Crippen LogP contribution in [-0.2, 0) is 4.79 Å². The fourth-order valence-electron chi connectivity index (χ4n) is 3.03. The largest absolute Gasteiger partial charge is 0.493 e. The van der Waals surface area contributed by atoms with E-state index in [2.05, 4.69) is 13.8 Å². The minimum absolute atomic E-state index is 0.369. The highest BCUT2D eigenvalue weighted by Crippen LogP contribution is 2.24. The molecule has 0 aromatic heterocycles. The summed E-state index contributed by atoms with van der Waals surface area (Å²) in [6.45, 7) is 6.62. The van der Waals surface area contributed by atoms with Crippen molar-refractivity contribution in [3.05, 3.63) is 83.9 Å². The topological polar surface area (TPSA) is 72.8 Å². The summed E-state index contributed by atoms with van der Waals surface area (Å²) in [6.07, 6.45) is 1.09. The number of hydrogen-bond acceptors (Lipinski definition) is 4. The maximum Gasteiger partial charge on any atom is 0.343 e. The normalized spacial score (nSPS) is 12.6. The lowest BCUT2D eigenvalue weighted by atomic mass is 10.0. The van der Waals surface area contributed by atoms with E-state index in [0.717, 1.165) is 23.3 Å². The first-order valence-electron chi connectivity index (χ1n) is 10.8. The molecule has 0 aliphatic carbocycles. The summed E-state index contributed by atoms with van der Waals surface area (Å²) in [5, 5.41) is 9.08. The third-order valence-corrected chi connectivity index (χ3v) is 5.50. The van der Waals surface area contributed by atoms with Gasteiger partial charge in [-0.1, -0.05) is 56.7 Å². The van der Waals surface area contributed by atoms with E-state index in [1.807, 2.05) is 36.4 Å². The molecule has 0 heterocycles. The monoisotopic (exact) mass is 432 g/mol. The van der Waals surface area contributed by atoms with Gasteiger partial charge >= 0.3 is 11.9 Å². The van der Waals surface area contributed by atoms with Gasteiger partial charge in [-0.25, -0.2) is 4.79 Å². The Balaban J connectivity index is 1.61. The van der Waals surface area contributed by atoms with Crippen molar-refractivity contribution in [3.63, 3.8) is 0 Å². The third-order valence-electron chi connectivity index (χ3n) is 5.50. The number of rotatable bonds is 9. The molecule has 0 radical (unpaired) electrons. The molecule has 0 spiro atoms. The zero-order valence-electron chi connectivity index (χ0n) is 18.6. The number of carbonyl (C=O) groups is 2. The Morgan fingerprint density at radius 2 is 1.34 bits per heavy atom. The number of aliphatic carboxylic acids is 1. The van der Waals surface area contributed by atoms with Crippen LogP contribution in [0.2, 0.25) is 0 Å². The molecule has 0 bridgehead atoms. The van der Waals surface area contributed by atoms with Crippen LogP contribution in [0.3, 0.4) is 0 Å². The second-order valence-corrected chi connectivity index (χ2v) is 7.94. The molecule has 1 N–H and O–H groups in total. The summed E-state index contributed by atoms with van der Waals surface area (Å²) in [6, 6.07) is 21.6. The van der Waals surface area contributed by atoms with Gasteiger partial charge in [0.1, 0.15) is 11.5 Å². The number of ether oxygens (including phenoxy) is 2. The second-order valence-electron chi connectivity index (χ2n) is 7.94. The Bertz CT molecular complexity index is 1040. The van der Waals surface area contributed by atoms with Gasteiger partial charge in [0.15, 0.2) is 0 Å². The molecule has 0 fully saturated rings. The van der Waals surface area contributed by atoms with Crippen LogP contribution >= 0.6 is 0 Å². The average molecular weight is 433 g/mol. The molecule has 3 aromatic carbocycles. The number of carboxylic acids is 1. The fraction of sp³-hybridized carbons (Fsp3) is 0.259. The highest BCUT2D eigenvalue weighted by atomic mass is 16.5. The number of carbonyl (C=O) groups excluding carboxylic acids is 1. The van der Waals surface area contributed by atoms with Crippen molar-refractivity contribution >= 4 is 11.9 Å². The minimum atomic E-state index is -0.900. The van der Waals surface area contributed by atoms with Gasteiger partial charge in [-0.3, -0.25) is 4.79 Å². The molecule has 32 heavy (non-hydrogen) atoms. The number of benzene rings is 3. The van der Waals surface area contributed by atoms with Gasteiger partial charge in [-0.05, 0) is 65.9 Å². The molecular formula is C27H28O5. The van der Waals surface area contributed by atoms with Crippen LogP contribution < -0.4 is 9.47 Å². The van der Waals surface area contributed by atoms with Crippen LogP contribution in [0.25, 0.3) is 11.1 Å². The molecule has 0 saturated heterocycles. The Kier molecular flexibility index (Phi) is 7.66. The number of esters is 1. The van der Waals surface area contributed by atoms with Crippen LogP contribution in [0.1, 0.15) is 49.0 Å². The summed E-state index contributed by atoms with van der Waals surface area (Å²) in [5.74, 6) is -0.250. The molecular weight excluding hydrogens is 404 g/mol. The first kappa shape index (κ1) is 23.1. The van der Waals surface area contributed by atoms with Gasteiger partial charge in [-0.15, -0.1) is 0 Å². The quantitative estimate of drug-likeness (QED) is 0.323. The van der Waals surface area contributed by atoms with E-state index < -0.39 is 17.9 Å². The van der Waals surface area contributed by atoms with Crippen LogP contribution in [0.4, 0.5) is 0 Å². The molecule has 5 heteroatoms. The van der Waals surface area contributed by atoms with Crippen molar-refractivity contribution in [3.8, 4) is 22.6 Å². The Morgan fingerprint density at radius 1 is 0.812 bits per heavy atom. The van der Waals surface area contributed by atoms with Crippen molar-refractivity contribution in [2.45, 2.75) is 33.1 Å². The number of hydrogen-bond donors (Lipinski definition) is 1. The molecule has 3 rings (SSSR count). The smallest absolute Gasteiger partial charge is 0.343 e. The predicted octanol–water partition coefficient (Wildman–Crippen LogP) is 6.19. The molecule has 0 aliphatic heterocycles. The minimum Gasteiger partial charge on any atom is -0.493 e. The van der Waals surface area contributed by atoms with Crippen LogP contribution in [-0.4, -0.2) is 23.7 Å². The molecule has 2 unspecified atom stereocenters.